The maximum Gasteiger partial charge on any atom is 0.178 e. The van der Waals surface area contributed by atoms with Crippen LogP contribution in [0.3, 0.4) is 0 Å². The summed E-state index contributed by atoms with van der Waals surface area (Å²) in [5.41, 5.74) is 7.56. The first kappa shape index (κ1) is 31.9. The average Bonchev–Trinajstić information content (AvgIpc) is 3.35. The van der Waals surface area contributed by atoms with Crippen molar-refractivity contribution in [2.75, 3.05) is 20.5 Å². The lowest BCUT2D eigenvalue weighted by Crippen LogP contribution is -2.44. The number of hydrogen-bond donors (Lipinski definition) is 1. The van der Waals surface area contributed by atoms with Crippen LogP contribution in [0.4, 0.5) is 0 Å². The van der Waals surface area contributed by atoms with Crippen molar-refractivity contribution in [3.05, 3.63) is 119 Å². The minimum Gasteiger partial charge on any atom is -0.507 e. The van der Waals surface area contributed by atoms with Crippen LogP contribution in [0.25, 0.3) is 28.0 Å². The Kier molecular flexibility index (Phi) is 7.21. The fourth-order valence-electron chi connectivity index (χ4n) is 9.99. The van der Waals surface area contributed by atoms with Gasteiger partial charge >= 0.3 is 0 Å². The van der Waals surface area contributed by atoms with E-state index in [9.17, 15) is 5.11 Å². The molecule has 250 valence electrons. The number of benzene rings is 5. The van der Waals surface area contributed by atoms with E-state index in [2.05, 4.69) is 94.4 Å². The van der Waals surface area contributed by atoms with Crippen molar-refractivity contribution in [2.45, 2.75) is 62.9 Å². The number of ether oxygens (including phenoxy) is 3. The van der Waals surface area contributed by atoms with E-state index in [-0.39, 0.29) is 22.0 Å². The summed E-state index contributed by atoms with van der Waals surface area (Å²) in [6.07, 6.45) is 9.84. The van der Waals surface area contributed by atoms with Crippen LogP contribution in [-0.2, 0) is 11.0 Å². The smallest absolute Gasteiger partial charge is 0.178 e. The lowest BCUT2D eigenvalue weighted by molar-refractivity contribution is 0.0642. The van der Waals surface area contributed by atoms with E-state index in [1.165, 1.54) is 28.7 Å². The van der Waals surface area contributed by atoms with Gasteiger partial charge in [0.2, 0.25) is 0 Å². The summed E-state index contributed by atoms with van der Waals surface area (Å²) in [6, 6.07) is 29.5. The summed E-state index contributed by atoms with van der Waals surface area (Å²) >= 11 is 1.57. The van der Waals surface area contributed by atoms with Gasteiger partial charge in [-0.2, -0.15) is 0 Å². The van der Waals surface area contributed by atoms with Gasteiger partial charge in [0.1, 0.15) is 23.0 Å². The molecule has 3 aliphatic rings. The zero-order valence-electron chi connectivity index (χ0n) is 29.4. The van der Waals surface area contributed by atoms with Gasteiger partial charge in [-0.1, -0.05) is 82.3 Å². The van der Waals surface area contributed by atoms with Crippen molar-refractivity contribution in [1.82, 2.24) is 0 Å². The largest absolute Gasteiger partial charge is 0.507 e. The van der Waals surface area contributed by atoms with Crippen LogP contribution in [0.2, 0.25) is 0 Å². The van der Waals surface area contributed by atoms with Crippen molar-refractivity contribution in [3.8, 4) is 34.1 Å². The number of fused-ring (bicyclic) bond motifs is 10. The highest BCUT2D eigenvalue weighted by atomic mass is 32.2. The maximum absolute atomic E-state index is 11.4. The van der Waals surface area contributed by atoms with Crippen molar-refractivity contribution >= 4 is 28.6 Å². The highest BCUT2D eigenvalue weighted by Gasteiger charge is 2.55. The third kappa shape index (κ3) is 4.80. The van der Waals surface area contributed by atoms with Crippen LogP contribution in [0.15, 0.2) is 95.9 Å². The maximum atomic E-state index is 11.4. The van der Waals surface area contributed by atoms with Crippen molar-refractivity contribution in [2.24, 2.45) is 10.8 Å². The molecule has 5 aromatic carbocycles. The number of hydrogen-bond acceptors (Lipinski definition) is 5. The van der Waals surface area contributed by atoms with Crippen LogP contribution in [-0.4, -0.2) is 25.6 Å². The molecule has 1 saturated carbocycles. The summed E-state index contributed by atoms with van der Waals surface area (Å²) < 4.78 is 18.7. The predicted octanol–water partition coefficient (Wildman–Crippen LogP) is 11.1. The number of thioether (sulfide) groups is 1. The molecule has 2 aliphatic carbocycles. The fraction of sp³-hybridized carbons (Fsp3) is 0.318. The molecule has 1 heterocycles. The second kappa shape index (κ2) is 11.1. The fourth-order valence-corrected chi connectivity index (χ4v) is 10.5. The molecule has 8 rings (SSSR count). The number of aromatic hydroxyl groups is 1. The molecule has 1 N–H and O–H groups in total. The Hall–Kier alpha value is -4.35. The molecular weight excluding hydrogens is 625 g/mol. The summed E-state index contributed by atoms with van der Waals surface area (Å²) in [5, 5.41) is 13.4. The topological polar surface area (TPSA) is 47.9 Å². The normalized spacial score (nSPS) is 18.8. The van der Waals surface area contributed by atoms with Crippen molar-refractivity contribution in [1.29, 1.82) is 0 Å². The first-order chi connectivity index (χ1) is 23.4. The van der Waals surface area contributed by atoms with Gasteiger partial charge in [-0.15, -0.1) is 11.8 Å². The SMILES string of the molecule is COc1ccc(C2(c3ccc(OC)cc3)C=Cc3c4c(c5cc(SC)c(O)cc5c3O2)-c2ccccc2C42CC(C)(C)CC(C)(C)C2)cc1. The molecule has 1 fully saturated rings. The van der Waals surface area contributed by atoms with E-state index in [0.717, 1.165) is 62.4 Å². The van der Waals surface area contributed by atoms with Crippen LogP contribution in [0, 0.1) is 10.8 Å². The minimum atomic E-state index is -0.940. The molecule has 0 saturated heterocycles. The summed E-state index contributed by atoms with van der Waals surface area (Å²) in [7, 11) is 3.37. The molecule has 5 aromatic rings. The zero-order valence-corrected chi connectivity index (χ0v) is 30.3. The summed E-state index contributed by atoms with van der Waals surface area (Å²) in [5.74, 6) is 2.64. The predicted molar refractivity (Wildman–Crippen MR) is 201 cm³/mol. The Balaban J connectivity index is 1.48. The molecule has 0 amide bonds. The standard InChI is InChI=1S/C44H44O4S/c1-41(2)24-42(3,4)26-43(25-41)35-11-9-8-10-31(35)38-33-23-37(49-7)36(45)22-34(33)40-32(39(38)43)20-21-44(48-40,27-12-16-29(46-5)17-13-27)28-14-18-30(47-6)19-15-28/h8-23,45H,24-26H2,1-7H3. The molecular formula is C44H44O4S. The van der Waals surface area contributed by atoms with Gasteiger partial charge in [0.05, 0.1) is 14.2 Å². The van der Waals surface area contributed by atoms with E-state index >= 15 is 0 Å². The second-order valence-corrected chi connectivity index (χ2v) is 16.5. The Morgan fingerprint density at radius 2 is 1.33 bits per heavy atom. The van der Waals surface area contributed by atoms with Crippen LogP contribution in [0.5, 0.6) is 23.0 Å². The number of phenols is 1. The third-order valence-electron chi connectivity index (χ3n) is 11.1. The van der Waals surface area contributed by atoms with Gasteiger partial charge in [-0.3, -0.25) is 0 Å². The van der Waals surface area contributed by atoms with E-state index in [4.69, 9.17) is 14.2 Å². The molecule has 4 nitrogen and oxygen atoms in total. The Bertz CT molecular complexity index is 2080. The van der Waals surface area contributed by atoms with Gasteiger partial charge in [0.15, 0.2) is 5.60 Å². The molecule has 1 spiro atoms. The van der Waals surface area contributed by atoms with Crippen molar-refractivity contribution in [3.63, 3.8) is 0 Å². The molecule has 0 aromatic heterocycles. The molecule has 1 aliphatic heterocycles. The van der Waals surface area contributed by atoms with Gasteiger partial charge in [-0.05, 0) is 106 Å². The Morgan fingerprint density at radius 3 is 1.90 bits per heavy atom. The Morgan fingerprint density at radius 1 is 0.735 bits per heavy atom. The molecule has 5 heteroatoms. The lowest BCUT2D eigenvalue weighted by Gasteiger charge is -2.52. The van der Waals surface area contributed by atoms with E-state index in [1.54, 1.807) is 26.0 Å². The van der Waals surface area contributed by atoms with Crippen LogP contribution < -0.4 is 14.2 Å². The van der Waals surface area contributed by atoms with Gasteiger partial charge in [0, 0.05) is 32.4 Å². The van der Waals surface area contributed by atoms with E-state index in [0.29, 0.717) is 0 Å². The van der Waals surface area contributed by atoms with E-state index < -0.39 is 5.60 Å². The molecule has 0 radical (unpaired) electrons. The number of phenolic OH excluding ortho intramolecular Hbond substituents is 1. The first-order valence-electron chi connectivity index (χ1n) is 17.1. The highest BCUT2D eigenvalue weighted by Crippen LogP contribution is 2.67. The Labute approximate surface area is 294 Å². The summed E-state index contributed by atoms with van der Waals surface area (Å²) in [6.45, 7) is 9.77. The number of methoxy groups -OCH3 is 2. The minimum absolute atomic E-state index is 0.132. The van der Waals surface area contributed by atoms with Gasteiger partial charge in [-0.25, -0.2) is 0 Å². The second-order valence-electron chi connectivity index (χ2n) is 15.7. The van der Waals surface area contributed by atoms with Crippen LogP contribution in [0.1, 0.15) is 74.8 Å². The molecule has 0 bridgehead atoms. The third-order valence-corrected chi connectivity index (χ3v) is 11.9. The molecule has 49 heavy (non-hydrogen) atoms. The zero-order chi connectivity index (χ0) is 34.3. The highest BCUT2D eigenvalue weighted by molar-refractivity contribution is 7.98. The van der Waals surface area contributed by atoms with Crippen molar-refractivity contribution < 1.29 is 19.3 Å². The monoisotopic (exact) mass is 668 g/mol. The van der Waals surface area contributed by atoms with Gasteiger partial charge in [0.25, 0.3) is 0 Å². The van der Waals surface area contributed by atoms with Gasteiger partial charge < -0.3 is 19.3 Å². The quantitative estimate of drug-likeness (QED) is 0.189. The lowest BCUT2D eigenvalue weighted by atomic mass is 9.52. The molecule has 0 atom stereocenters. The average molecular weight is 669 g/mol. The molecule has 0 unspecified atom stereocenters. The number of rotatable bonds is 5. The van der Waals surface area contributed by atoms with E-state index in [1.807, 2.05) is 36.6 Å². The summed E-state index contributed by atoms with van der Waals surface area (Å²) in [4.78, 5) is 0.861. The first-order valence-corrected chi connectivity index (χ1v) is 18.4. The van der Waals surface area contributed by atoms with Crippen LogP contribution >= 0.6 is 11.8 Å².